The molecule has 0 aliphatic rings. The fraction of sp³-hybridized carbons (Fsp3) is 0.333. The molecular weight excluding hydrogens is 250 g/mol. The van der Waals surface area contributed by atoms with Gasteiger partial charge < -0.3 is 14.5 Å². The van der Waals surface area contributed by atoms with Crippen molar-refractivity contribution in [3.05, 3.63) is 23.0 Å². The molecule has 0 fully saturated rings. The van der Waals surface area contributed by atoms with E-state index >= 15 is 0 Å². The van der Waals surface area contributed by atoms with E-state index in [1.54, 1.807) is 19.9 Å². The van der Waals surface area contributed by atoms with Gasteiger partial charge in [-0.25, -0.2) is 4.98 Å². The van der Waals surface area contributed by atoms with Crippen LogP contribution < -0.4 is 0 Å². The van der Waals surface area contributed by atoms with Crippen molar-refractivity contribution in [3.8, 4) is 0 Å². The third kappa shape index (κ3) is 2.40. The minimum Gasteiger partial charge on any atom is -0.480 e. The molecule has 1 N–H and O–H groups in total. The first-order valence-corrected chi connectivity index (χ1v) is 5.61. The molecule has 0 radical (unpaired) electrons. The first-order chi connectivity index (χ1) is 8.90. The van der Waals surface area contributed by atoms with Crippen LogP contribution in [0.2, 0.25) is 0 Å². The van der Waals surface area contributed by atoms with Crippen LogP contribution in [-0.2, 0) is 4.79 Å². The molecule has 0 aliphatic heterocycles. The Morgan fingerprint density at radius 2 is 2.11 bits per heavy atom. The molecule has 0 aliphatic carbocycles. The summed E-state index contributed by atoms with van der Waals surface area (Å²) in [6.45, 7) is 3.06. The van der Waals surface area contributed by atoms with Crippen molar-refractivity contribution >= 4 is 23.0 Å². The number of rotatable bonds is 3. The highest BCUT2D eigenvalue weighted by Gasteiger charge is 2.21. The van der Waals surface area contributed by atoms with Crippen LogP contribution in [-0.4, -0.2) is 45.6 Å². The van der Waals surface area contributed by atoms with Crippen LogP contribution in [0.1, 0.15) is 21.7 Å². The summed E-state index contributed by atoms with van der Waals surface area (Å²) in [4.78, 5) is 28.2. The van der Waals surface area contributed by atoms with Crippen molar-refractivity contribution in [3.63, 3.8) is 0 Å². The lowest BCUT2D eigenvalue weighted by atomic mass is 10.1. The maximum absolute atomic E-state index is 12.3. The summed E-state index contributed by atoms with van der Waals surface area (Å²) in [5, 5.41) is 13.0. The number of carbonyl (C=O) groups excluding carboxylic acids is 1. The van der Waals surface area contributed by atoms with Gasteiger partial charge in [0.05, 0.1) is 16.6 Å². The summed E-state index contributed by atoms with van der Waals surface area (Å²) in [5.74, 6) is -1.47. The minimum absolute atomic E-state index is 0.282. The Balaban J connectivity index is 2.52. The quantitative estimate of drug-likeness (QED) is 0.887. The van der Waals surface area contributed by atoms with Crippen molar-refractivity contribution in [1.29, 1.82) is 0 Å². The van der Waals surface area contributed by atoms with Crippen molar-refractivity contribution in [2.45, 2.75) is 13.8 Å². The monoisotopic (exact) mass is 263 g/mol. The van der Waals surface area contributed by atoms with E-state index in [1.807, 2.05) is 0 Å². The van der Waals surface area contributed by atoms with Gasteiger partial charge in [-0.3, -0.25) is 9.59 Å². The third-order valence-electron chi connectivity index (χ3n) is 2.69. The molecule has 0 aromatic carbocycles. The Morgan fingerprint density at radius 3 is 2.74 bits per heavy atom. The molecule has 0 atom stereocenters. The maximum Gasteiger partial charge on any atom is 0.323 e. The van der Waals surface area contributed by atoms with E-state index in [0.29, 0.717) is 22.3 Å². The van der Waals surface area contributed by atoms with Gasteiger partial charge >= 0.3 is 5.97 Å². The molecule has 0 unspecified atom stereocenters. The topological polar surface area (TPSA) is 96.5 Å². The lowest BCUT2D eigenvalue weighted by Crippen LogP contribution is -2.32. The molecule has 2 rings (SSSR count). The predicted molar refractivity (Wildman–Crippen MR) is 65.9 cm³/mol. The lowest BCUT2D eigenvalue weighted by Gasteiger charge is -2.15. The van der Waals surface area contributed by atoms with Gasteiger partial charge in [-0.15, -0.1) is 0 Å². The fourth-order valence-electron chi connectivity index (χ4n) is 1.87. The number of nitrogens with zero attached hydrogens (tertiary/aromatic N) is 3. The zero-order valence-electron chi connectivity index (χ0n) is 10.8. The number of amides is 1. The second-order valence-electron chi connectivity index (χ2n) is 4.31. The Labute approximate surface area is 108 Å². The molecule has 7 heteroatoms. The summed E-state index contributed by atoms with van der Waals surface area (Å²) in [7, 11) is 1.43. The Morgan fingerprint density at radius 1 is 1.42 bits per heavy atom. The number of hydrogen-bond acceptors (Lipinski definition) is 5. The van der Waals surface area contributed by atoms with Crippen LogP contribution in [0.25, 0.3) is 11.1 Å². The summed E-state index contributed by atoms with van der Waals surface area (Å²) >= 11 is 0. The largest absolute Gasteiger partial charge is 0.480 e. The van der Waals surface area contributed by atoms with Crippen LogP contribution in [0.5, 0.6) is 0 Å². The first-order valence-electron chi connectivity index (χ1n) is 5.61. The lowest BCUT2D eigenvalue weighted by molar-refractivity contribution is -0.137. The van der Waals surface area contributed by atoms with Crippen molar-refractivity contribution < 1.29 is 19.2 Å². The number of aryl methyl sites for hydroxylation is 2. The van der Waals surface area contributed by atoms with E-state index in [-0.39, 0.29) is 12.3 Å². The second kappa shape index (κ2) is 4.68. The van der Waals surface area contributed by atoms with E-state index in [9.17, 15) is 9.59 Å². The van der Waals surface area contributed by atoms with E-state index in [0.717, 1.165) is 4.90 Å². The highest BCUT2D eigenvalue weighted by Crippen LogP contribution is 2.22. The molecule has 1 amide bonds. The van der Waals surface area contributed by atoms with Crippen molar-refractivity contribution in [2.75, 3.05) is 13.6 Å². The number of likely N-dealkylation sites (N-methyl/N-ethyl adjacent to an activating group) is 1. The van der Waals surface area contributed by atoms with Crippen LogP contribution in [0.15, 0.2) is 10.6 Å². The summed E-state index contributed by atoms with van der Waals surface area (Å²) < 4.78 is 5.03. The van der Waals surface area contributed by atoms with Gasteiger partial charge in [0.2, 0.25) is 0 Å². The van der Waals surface area contributed by atoms with Gasteiger partial charge in [-0.05, 0) is 19.9 Å². The summed E-state index contributed by atoms with van der Waals surface area (Å²) in [6, 6.07) is 1.60. The van der Waals surface area contributed by atoms with E-state index < -0.39 is 11.9 Å². The zero-order chi connectivity index (χ0) is 14.2. The van der Waals surface area contributed by atoms with Gasteiger partial charge in [0.1, 0.15) is 6.54 Å². The van der Waals surface area contributed by atoms with Gasteiger partial charge in [0, 0.05) is 12.7 Å². The van der Waals surface area contributed by atoms with Crippen molar-refractivity contribution in [2.24, 2.45) is 0 Å². The second-order valence-corrected chi connectivity index (χ2v) is 4.31. The standard InChI is InChI=1S/C12H13N3O4/c1-6-4-8(12(18)15(3)5-9(16)17)10-7(2)14-19-11(10)13-6/h4H,5H2,1-3H3,(H,16,17). The molecular formula is C12H13N3O4. The summed E-state index contributed by atoms with van der Waals surface area (Å²) in [5.41, 5.74) is 1.79. The number of aliphatic carboxylic acids is 1. The minimum atomic E-state index is -1.07. The maximum atomic E-state index is 12.3. The normalized spacial score (nSPS) is 10.7. The zero-order valence-corrected chi connectivity index (χ0v) is 10.8. The van der Waals surface area contributed by atoms with Crippen LogP contribution in [0.4, 0.5) is 0 Å². The number of aromatic nitrogens is 2. The predicted octanol–water partition coefficient (Wildman–Crippen LogP) is 0.996. The molecule has 100 valence electrons. The number of carboxylic acids is 1. The van der Waals surface area contributed by atoms with Gasteiger partial charge in [-0.2, -0.15) is 0 Å². The molecule has 2 heterocycles. The Kier molecular flexibility index (Phi) is 3.20. The highest BCUT2D eigenvalue weighted by molar-refractivity contribution is 6.06. The fourth-order valence-corrected chi connectivity index (χ4v) is 1.87. The third-order valence-corrected chi connectivity index (χ3v) is 2.69. The van der Waals surface area contributed by atoms with Gasteiger partial charge in [0.15, 0.2) is 0 Å². The Hall–Kier alpha value is -2.44. The number of hydrogen-bond donors (Lipinski definition) is 1. The van der Waals surface area contributed by atoms with Crippen LogP contribution in [0.3, 0.4) is 0 Å². The van der Waals surface area contributed by atoms with Crippen molar-refractivity contribution in [1.82, 2.24) is 15.0 Å². The number of pyridine rings is 1. The van der Waals surface area contributed by atoms with Crippen LogP contribution >= 0.6 is 0 Å². The molecule has 0 saturated heterocycles. The smallest absolute Gasteiger partial charge is 0.323 e. The molecule has 19 heavy (non-hydrogen) atoms. The average molecular weight is 263 g/mol. The number of fused-ring (bicyclic) bond motifs is 1. The highest BCUT2D eigenvalue weighted by atomic mass is 16.5. The van der Waals surface area contributed by atoms with Crippen LogP contribution in [0, 0.1) is 13.8 Å². The molecule has 0 bridgehead atoms. The molecule has 0 saturated carbocycles. The Bertz CT molecular complexity index is 662. The number of carbonyl (C=O) groups is 2. The average Bonchev–Trinajstić information content (AvgIpc) is 2.68. The number of carboxylic acid groups (broad SMARTS) is 1. The molecule has 0 spiro atoms. The first kappa shape index (κ1) is 13.0. The SMILES string of the molecule is Cc1cc(C(=O)N(C)CC(=O)O)c2c(C)noc2n1. The van der Waals surface area contributed by atoms with Gasteiger partial charge in [0.25, 0.3) is 11.6 Å². The summed E-state index contributed by atoms with van der Waals surface area (Å²) in [6.07, 6.45) is 0. The molecule has 2 aromatic rings. The van der Waals surface area contributed by atoms with E-state index in [4.69, 9.17) is 9.63 Å². The molecule has 2 aromatic heterocycles. The van der Waals surface area contributed by atoms with E-state index in [2.05, 4.69) is 10.1 Å². The molecule has 7 nitrogen and oxygen atoms in total. The van der Waals surface area contributed by atoms with Gasteiger partial charge in [-0.1, -0.05) is 5.16 Å². The van der Waals surface area contributed by atoms with E-state index in [1.165, 1.54) is 7.05 Å².